The molecule has 1 aromatic carbocycles. The number of hydrogen-bond donors (Lipinski definition) is 6. The summed E-state index contributed by atoms with van der Waals surface area (Å²) in [6.45, 7) is 3.88. The van der Waals surface area contributed by atoms with Crippen LogP contribution < -0.4 is 5.32 Å². The first kappa shape index (κ1) is 21.6. The van der Waals surface area contributed by atoms with Crippen molar-refractivity contribution in [2.75, 3.05) is 13.1 Å². The Morgan fingerprint density at radius 3 is 2.08 bits per heavy atom. The molecule has 3 unspecified atom stereocenters. The van der Waals surface area contributed by atoms with Gasteiger partial charge >= 0.3 is 17.9 Å². The molecule has 1 aromatic rings. The van der Waals surface area contributed by atoms with Gasteiger partial charge in [-0.2, -0.15) is 0 Å². The highest BCUT2D eigenvalue weighted by molar-refractivity contribution is 5.89. The zero-order valence-corrected chi connectivity index (χ0v) is 14.3. The average Bonchev–Trinajstić information content (AvgIpc) is 2.61. The van der Waals surface area contributed by atoms with Gasteiger partial charge in [0.2, 0.25) is 0 Å². The smallest absolute Gasteiger partial charge is 0.335 e. The molecule has 0 spiro atoms. The predicted octanol–water partition coefficient (Wildman–Crippen LogP) is 0.0376. The molecule has 1 fully saturated rings. The minimum atomic E-state index is -2.27. The van der Waals surface area contributed by atoms with E-state index < -0.39 is 30.1 Å². The minimum absolute atomic E-state index is 0.433. The quantitative estimate of drug-likeness (QED) is 0.420. The van der Waals surface area contributed by atoms with Gasteiger partial charge in [0.25, 0.3) is 0 Å². The number of rotatable bonds is 5. The van der Waals surface area contributed by atoms with Gasteiger partial charge in [0.15, 0.2) is 12.2 Å². The standard InChI is InChI=1S/C13H17NO2.C4H6O6/c1-9-4-5-10(7-12(9)13(15)16)11-3-2-6-14-8-11;5-1(3(7)8)2(6)4(9)10/h4-5,7,11,14H,2-3,6,8H2,1H3,(H,15,16);1-2,5-6H,(H,7,8)(H,9,10). The molecule has 0 radical (unpaired) electrons. The lowest BCUT2D eigenvalue weighted by Crippen LogP contribution is -2.39. The summed E-state index contributed by atoms with van der Waals surface area (Å²) in [7, 11) is 0. The fraction of sp³-hybridized carbons (Fsp3) is 0.471. The van der Waals surface area contributed by atoms with Crippen LogP contribution in [0.3, 0.4) is 0 Å². The molecule has 6 N–H and O–H groups in total. The van der Waals surface area contributed by atoms with Crippen molar-refractivity contribution in [2.24, 2.45) is 0 Å². The van der Waals surface area contributed by atoms with Gasteiger partial charge in [-0.15, -0.1) is 0 Å². The second-order valence-electron chi connectivity index (χ2n) is 5.99. The maximum Gasteiger partial charge on any atom is 0.335 e. The fourth-order valence-corrected chi connectivity index (χ4v) is 2.53. The van der Waals surface area contributed by atoms with E-state index in [1.807, 2.05) is 19.1 Å². The van der Waals surface area contributed by atoms with Crippen molar-refractivity contribution in [2.45, 2.75) is 37.9 Å². The second-order valence-corrected chi connectivity index (χ2v) is 5.99. The number of aliphatic hydroxyl groups is 2. The molecule has 0 aromatic heterocycles. The highest BCUT2D eigenvalue weighted by atomic mass is 16.4. The van der Waals surface area contributed by atoms with Crippen LogP contribution >= 0.6 is 0 Å². The van der Waals surface area contributed by atoms with Crippen molar-refractivity contribution >= 4 is 17.9 Å². The largest absolute Gasteiger partial charge is 0.479 e. The summed E-state index contributed by atoms with van der Waals surface area (Å²) in [6.07, 6.45) is -2.22. The molecule has 1 heterocycles. The van der Waals surface area contributed by atoms with Crippen molar-refractivity contribution in [1.82, 2.24) is 5.32 Å². The molecule has 1 aliphatic rings. The normalized spacial score (nSPS) is 18.8. The Kier molecular flexibility index (Phi) is 8.17. The first-order valence-electron chi connectivity index (χ1n) is 8.01. The zero-order valence-electron chi connectivity index (χ0n) is 14.3. The summed E-state index contributed by atoms with van der Waals surface area (Å²) >= 11 is 0. The van der Waals surface area contributed by atoms with Crippen LogP contribution in [0.2, 0.25) is 0 Å². The lowest BCUT2D eigenvalue weighted by atomic mass is 9.89. The molecule has 1 aliphatic heterocycles. The molecule has 0 bridgehead atoms. The molecular formula is C17H23NO8. The van der Waals surface area contributed by atoms with Gasteiger partial charge in [0.1, 0.15) is 0 Å². The molecule has 1 saturated heterocycles. The van der Waals surface area contributed by atoms with Crippen molar-refractivity contribution in [3.63, 3.8) is 0 Å². The molecule has 0 aliphatic carbocycles. The summed E-state index contributed by atoms with van der Waals surface area (Å²) in [6, 6.07) is 5.79. The summed E-state index contributed by atoms with van der Waals surface area (Å²) in [4.78, 5) is 30.6. The van der Waals surface area contributed by atoms with Crippen LogP contribution in [0.25, 0.3) is 0 Å². The Morgan fingerprint density at radius 1 is 1.08 bits per heavy atom. The number of carbonyl (C=O) groups is 3. The number of aromatic carboxylic acids is 1. The van der Waals surface area contributed by atoms with E-state index in [9.17, 15) is 14.4 Å². The van der Waals surface area contributed by atoms with Crippen molar-refractivity contribution in [3.05, 3.63) is 34.9 Å². The Morgan fingerprint density at radius 2 is 1.65 bits per heavy atom. The van der Waals surface area contributed by atoms with E-state index in [1.54, 1.807) is 0 Å². The number of nitrogens with one attached hydrogen (secondary N) is 1. The maximum absolute atomic E-state index is 11.0. The molecule has 26 heavy (non-hydrogen) atoms. The van der Waals surface area contributed by atoms with Crippen LogP contribution in [0.15, 0.2) is 18.2 Å². The van der Waals surface area contributed by atoms with Crippen LogP contribution in [0.5, 0.6) is 0 Å². The van der Waals surface area contributed by atoms with Gasteiger partial charge in [-0.25, -0.2) is 14.4 Å². The Balaban J connectivity index is 0.000000294. The van der Waals surface area contributed by atoms with Gasteiger partial charge < -0.3 is 30.8 Å². The van der Waals surface area contributed by atoms with E-state index in [0.717, 1.165) is 30.6 Å². The number of piperidine rings is 1. The first-order valence-corrected chi connectivity index (χ1v) is 8.01. The number of carboxylic acids is 3. The maximum atomic E-state index is 11.0. The SMILES string of the molecule is Cc1ccc(C2CCCNC2)cc1C(=O)O.O=C(O)C(O)C(O)C(=O)O. The molecule has 0 amide bonds. The van der Waals surface area contributed by atoms with E-state index in [1.165, 1.54) is 6.42 Å². The molecule has 0 saturated carbocycles. The van der Waals surface area contributed by atoms with Crippen LogP contribution in [0.1, 0.15) is 40.2 Å². The van der Waals surface area contributed by atoms with Crippen molar-refractivity contribution in [1.29, 1.82) is 0 Å². The van der Waals surface area contributed by atoms with Crippen LogP contribution in [-0.2, 0) is 9.59 Å². The van der Waals surface area contributed by atoms with Gasteiger partial charge in [-0.3, -0.25) is 0 Å². The third-order valence-corrected chi connectivity index (χ3v) is 4.07. The third kappa shape index (κ3) is 6.10. The first-order chi connectivity index (χ1) is 12.1. The number of hydrogen-bond acceptors (Lipinski definition) is 6. The highest BCUT2D eigenvalue weighted by Gasteiger charge is 2.29. The summed E-state index contributed by atoms with van der Waals surface area (Å²) in [5.74, 6) is -3.90. The van der Waals surface area contributed by atoms with Crippen LogP contribution in [-0.4, -0.2) is 68.7 Å². The van der Waals surface area contributed by atoms with E-state index >= 15 is 0 Å². The molecule has 2 rings (SSSR count). The summed E-state index contributed by atoms with van der Waals surface area (Å²) in [5, 5.41) is 44.9. The number of aliphatic hydroxyl groups excluding tert-OH is 2. The average molecular weight is 369 g/mol. The second kappa shape index (κ2) is 9.85. The van der Waals surface area contributed by atoms with E-state index in [4.69, 9.17) is 25.5 Å². The Hall–Kier alpha value is -2.49. The van der Waals surface area contributed by atoms with Crippen LogP contribution in [0.4, 0.5) is 0 Å². The minimum Gasteiger partial charge on any atom is -0.479 e. The lowest BCUT2D eigenvalue weighted by Gasteiger charge is -2.23. The van der Waals surface area contributed by atoms with Crippen molar-refractivity contribution in [3.8, 4) is 0 Å². The molecule has 144 valence electrons. The summed E-state index contributed by atoms with van der Waals surface area (Å²) < 4.78 is 0. The molecule has 3 atom stereocenters. The Bertz CT molecular complexity index is 636. The van der Waals surface area contributed by atoms with Gasteiger partial charge in [-0.1, -0.05) is 12.1 Å². The molecule has 9 heteroatoms. The van der Waals surface area contributed by atoms with Gasteiger partial charge in [-0.05, 0) is 49.4 Å². The molecular weight excluding hydrogens is 346 g/mol. The zero-order chi connectivity index (χ0) is 19.9. The Labute approximate surface area is 149 Å². The predicted molar refractivity (Wildman–Crippen MR) is 90.3 cm³/mol. The fourth-order valence-electron chi connectivity index (χ4n) is 2.53. The monoisotopic (exact) mass is 369 g/mol. The number of aryl methyl sites for hydroxylation is 1. The number of aliphatic carboxylic acids is 2. The lowest BCUT2D eigenvalue weighted by molar-refractivity contribution is -0.165. The van der Waals surface area contributed by atoms with E-state index in [0.29, 0.717) is 11.5 Å². The van der Waals surface area contributed by atoms with Crippen molar-refractivity contribution < 1.29 is 39.9 Å². The van der Waals surface area contributed by atoms with Gasteiger partial charge in [0.05, 0.1) is 5.56 Å². The third-order valence-electron chi connectivity index (χ3n) is 4.07. The topological polar surface area (TPSA) is 164 Å². The van der Waals surface area contributed by atoms with Crippen LogP contribution in [0, 0.1) is 6.92 Å². The molecule has 9 nitrogen and oxygen atoms in total. The number of carboxylic acid groups (broad SMARTS) is 3. The number of benzene rings is 1. The van der Waals surface area contributed by atoms with Gasteiger partial charge in [0, 0.05) is 6.54 Å². The van der Waals surface area contributed by atoms with E-state index in [2.05, 4.69) is 11.4 Å². The highest BCUT2D eigenvalue weighted by Crippen LogP contribution is 2.25. The van der Waals surface area contributed by atoms with E-state index in [-0.39, 0.29) is 0 Å². The summed E-state index contributed by atoms with van der Waals surface area (Å²) in [5.41, 5.74) is 2.42.